The number of benzene rings is 1. The summed E-state index contributed by atoms with van der Waals surface area (Å²) in [6.07, 6.45) is 1.62. The highest BCUT2D eigenvalue weighted by Gasteiger charge is 2.28. The van der Waals surface area contributed by atoms with Gasteiger partial charge in [0.2, 0.25) is 0 Å². The van der Waals surface area contributed by atoms with E-state index >= 15 is 0 Å². The van der Waals surface area contributed by atoms with Gasteiger partial charge in [-0.05, 0) is 18.6 Å². The van der Waals surface area contributed by atoms with Crippen LogP contribution in [-0.2, 0) is 0 Å². The maximum atomic E-state index is 14.5. The number of ether oxygens (including phenoxy) is 1. The third kappa shape index (κ3) is 3.10. The summed E-state index contributed by atoms with van der Waals surface area (Å²) in [5.74, 6) is -0.942. The number of halogens is 2. The Morgan fingerprint density at radius 3 is 2.60 bits per heavy atom. The topological polar surface area (TPSA) is 24.5 Å². The van der Waals surface area contributed by atoms with E-state index in [2.05, 4.69) is 10.2 Å². The summed E-state index contributed by atoms with van der Waals surface area (Å²) in [5.41, 5.74) is 0.146. The molecule has 0 unspecified atom stereocenters. The van der Waals surface area contributed by atoms with E-state index in [0.717, 1.165) is 39.0 Å². The fourth-order valence-corrected chi connectivity index (χ4v) is 2.79. The minimum atomic E-state index is -0.565. The molecule has 0 saturated carbocycles. The molecule has 1 heterocycles. The van der Waals surface area contributed by atoms with Gasteiger partial charge in [-0.15, -0.1) is 0 Å². The van der Waals surface area contributed by atoms with Crippen LogP contribution in [0, 0.1) is 11.6 Å². The van der Waals surface area contributed by atoms with Crippen LogP contribution in [0.3, 0.4) is 0 Å². The lowest BCUT2D eigenvalue weighted by Crippen LogP contribution is -2.45. The summed E-state index contributed by atoms with van der Waals surface area (Å²) < 4.78 is 33.6. The Hall–Kier alpha value is -1.20. The highest BCUT2D eigenvalue weighted by molar-refractivity contribution is 5.34. The summed E-state index contributed by atoms with van der Waals surface area (Å²) in [6.45, 7) is 5.35. The highest BCUT2D eigenvalue weighted by Crippen LogP contribution is 2.34. The summed E-state index contributed by atoms with van der Waals surface area (Å²) in [5, 5.41) is 3.26. The van der Waals surface area contributed by atoms with Crippen molar-refractivity contribution in [3.63, 3.8) is 0 Å². The average molecular weight is 284 g/mol. The van der Waals surface area contributed by atoms with Crippen LogP contribution in [0.1, 0.15) is 31.4 Å². The molecule has 0 bridgehead atoms. The monoisotopic (exact) mass is 284 g/mol. The second kappa shape index (κ2) is 6.99. The third-order valence-corrected chi connectivity index (χ3v) is 3.80. The van der Waals surface area contributed by atoms with E-state index in [4.69, 9.17) is 4.74 Å². The van der Waals surface area contributed by atoms with Crippen LogP contribution >= 0.6 is 0 Å². The predicted molar refractivity (Wildman–Crippen MR) is 75.0 cm³/mol. The Morgan fingerprint density at radius 1 is 1.30 bits per heavy atom. The van der Waals surface area contributed by atoms with Crippen LogP contribution in [0.5, 0.6) is 5.75 Å². The molecule has 20 heavy (non-hydrogen) atoms. The van der Waals surface area contributed by atoms with Crippen LogP contribution in [0.15, 0.2) is 12.1 Å². The number of piperazine rings is 1. The van der Waals surface area contributed by atoms with Crippen molar-refractivity contribution >= 4 is 0 Å². The average Bonchev–Trinajstić information content (AvgIpc) is 2.47. The number of methoxy groups -OCH3 is 1. The van der Waals surface area contributed by atoms with E-state index in [-0.39, 0.29) is 17.4 Å². The van der Waals surface area contributed by atoms with Gasteiger partial charge < -0.3 is 10.1 Å². The van der Waals surface area contributed by atoms with Gasteiger partial charge in [0.05, 0.1) is 7.11 Å². The minimum absolute atomic E-state index is 0.109. The first-order valence-electron chi connectivity index (χ1n) is 7.15. The Bertz CT molecular complexity index is 448. The SMILES string of the molecule is CCC[C@H](c1c(F)ccc(OC)c1F)N1CCNCC1. The van der Waals surface area contributed by atoms with Gasteiger partial charge in [-0.1, -0.05) is 13.3 Å². The number of nitrogens with one attached hydrogen (secondary N) is 1. The smallest absolute Gasteiger partial charge is 0.172 e. The van der Waals surface area contributed by atoms with E-state index in [1.54, 1.807) is 0 Å². The highest BCUT2D eigenvalue weighted by atomic mass is 19.1. The molecule has 0 spiro atoms. The molecule has 1 N–H and O–H groups in total. The van der Waals surface area contributed by atoms with E-state index in [9.17, 15) is 8.78 Å². The standard InChI is InChI=1S/C15H22F2N2O/c1-3-4-12(19-9-7-18-8-10-19)14-11(16)5-6-13(20-2)15(14)17/h5-6,12,18H,3-4,7-10H2,1-2H3/t12-/m1/s1. The molecular weight excluding hydrogens is 262 g/mol. The molecule has 3 nitrogen and oxygen atoms in total. The summed E-state index contributed by atoms with van der Waals surface area (Å²) in [4.78, 5) is 2.15. The lowest BCUT2D eigenvalue weighted by Gasteiger charge is -2.35. The molecule has 0 radical (unpaired) electrons. The third-order valence-electron chi connectivity index (χ3n) is 3.80. The number of hydrogen-bond donors (Lipinski definition) is 1. The van der Waals surface area contributed by atoms with Crippen LogP contribution in [0.4, 0.5) is 8.78 Å². The first-order valence-corrected chi connectivity index (χ1v) is 7.15. The van der Waals surface area contributed by atoms with Gasteiger partial charge in [-0.2, -0.15) is 0 Å². The zero-order chi connectivity index (χ0) is 14.5. The van der Waals surface area contributed by atoms with Gasteiger partial charge in [-0.25, -0.2) is 8.78 Å². The molecule has 0 aromatic heterocycles. The first-order chi connectivity index (χ1) is 9.69. The maximum Gasteiger partial charge on any atom is 0.172 e. The summed E-state index contributed by atoms with van der Waals surface area (Å²) in [7, 11) is 1.40. The van der Waals surface area contributed by atoms with Gasteiger partial charge in [0, 0.05) is 37.8 Å². The second-order valence-corrected chi connectivity index (χ2v) is 5.07. The maximum absolute atomic E-state index is 14.5. The molecule has 1 aromatic rings. The Kier molecular flexibility index (Phi) is 5.31. The summed E-state index contributed by atoms with van der Waals surface area (Å²) >= 11 is 0. The normalized spacial score (nSPS) is 18.0. The predicted octanol–water partition coefficient (Wildman–Crippen LogP) is 2.72. The zero-order valence-electron chi connectivity index (χ0n) is 12.1. The van der Waals surface area contributed by atoms with E-state index in [1.807, 2.05) is 6.92 Å². The zero-order valence-corrected chi connectivity index (χ0v) is 12.1. The van der Waals surface area contributed by atoms with E-state index in [0.29, 0.717) is 0 Å². The number of hydrogen-bond acceptors (Lipinski definition) is 3. The molecule has 112 valence electrons. The van der Waals surface area contributed by atoms with Crippen molar-refractivity contribution in [1.29, 1.82) is 0 Å². The molecule has 1 atom stereocenters. The Morgan fingerprint density at radius 2 is 2.00 bits per heavy atom. The van der Waals surface area contributed by atoms with Crippen molar-refractivity contribution in [1.82, 2.24) is 10.2 Å². The van der Waals surface area contributed by atoms with Crippen molar-refractivity contribution in [3.05, 3.63) is 29.3 Å². The summed E-state index contributed by atoms with van der Waals surface area (Å²) in [6, 6.07) is 2.41. The van der Waals surface area contributed by atoms with Gasteiger partial charge in [-0.3, -0.25) is 4.90 Å². The quantitative estimate of drug-likeness (QED) is 0.900. The van der Waals surface area contributed by atoms with E-state index in [1.165, 1.54) is 19.2 Å². The molecule has 1 saturated heterocycles. The fourth-order valence-electron chi connectivity index (χ4n) is 2.79. The van der Waals surface area contributed by atoms with Gasteiger partial charge in [0.1, 0.15) is 5.82 Å². The van der Waals surface area contributed by atoms with Crippen molar-refractivity contribution in [2.24, 2.45) is 0 Å². The largest absolute Gasteiger partial charge is 0.494 e. The van der Waals surface area contributed by atoms with Crippen LogP contribution in [0.25, 0.3) is 0 Å². The van der Waals surface area contributed by atoms with Crippen LogP contribution < -0.4 is 10.1 Å². The molecule has 0 aliphatic carbocycles. The molecule has 1 aliphatic heterocycles. The Labute approximate surface area is 118 Å². The van der Waals surface area contributed by atoms with Crippen molar-refractivity contribution in [3.8, 4) is 5.75 Å². The molecule has 2 rings (SSSR count). The number of rotatable bonds is 5. The molecule has 1 aliphatic rings. The van der Waals surface area contributed by atoms with Crippen molar-refractivity contribution in [2.75, 3.05) is 33.3 Å². The van der Waals surface area contributed by atoms with Gasteiger partial charge in [0.15, 0.2) is 11.6 Å². The molecule has 1 fully saturated rings. The van der Waals surface area contributed by atoms with Crippen molar-refractivity contribution < 1.29 is 13.5 Å². The first kappa shape index (κ1) is 15.2. The molecule has 0 amide bonds. The minimum Gasteiger partial charge on any atom is -0.494 e. The molecule has 1 aromatic carbocycles. The Balaban J connectivity index is 2.37. The second-order valence-electron chi connectivity index (χ2n) is 5.07. The van der Waals surface area contributed by atoms with Crippen LogP contribution in [-0.4, -0.2) is 38.2 Å². The van der Waals surface area contributed by atoms with Gasteiger partial charge >= 0.3 is 0 Å². The van der Waals surface area contributed by atoms with E-state index < -0.39 is 11.6 Å². The van der Waals surface area contributed by atoms with Crippen molar-refractivity contribution in [2.45, 2.75) is 25.8 Å². The molecular formula is C15H22F2N2O. The number of nitrogens with zero attached hydrogens (tertiary/aromatic N) is 1. The lowest BCUT2D eigenvalue weighted by molar-refractivity contribution is 0.157. The van der Waals surface area contributed by atoms with Gasteiger partial charge in [0.25, 0.3) is 0 Å². The fraction of sp³-hybridized carbons (Fsp3) is 0.600. The van der Waals surface area contributed by atoms with Crippen LogP contribution in [0.2, 0.25) is 0 Å². The molecule has 5 heteroatoms. The lowest BCUT2D eigenvalue weighted by atomic mass is 9.98.